The number of aliphatic hydroxyl groups excluding tert-OH is 1. The van der Waals surface area contributed by atoms with E-state index < -0.39 is 37.2 Å². The molecule has 0 aromatic heterocycles. The van der Waals surface area contributed by atoms with Crippen molar-refractivity contribution in [1.82, 2.24) is 0 Å². The molecule has 0 bridgehead atoms. The van der Waals surface area contributed by atoms with E-state index in [1.165, 1.54) is 0 Å². The van der Waals surface area contributed by atoms with Crippen molar-refractivity contribution >= 4 is 36.7 Å². The van der Waals surface area contributed by atoms with E-state index in [9.17, 15) is 5.11 Å². The van der Waals surface area contributed by atoms with Crippen molar-refractivity contribution in [3.05, 3.63) is 0 Å². The quantitative estimate of drug-likeness (QED) is 0.290. The zero-order valence-corrected chi connectivity index (χ0v) is 29.6. The maximum absolute atomic E-state index is 11.6. The lowest BCUT2D eigenvalue weighted by atomic mass is 10.0. The molecule has 0 unspecified atom stereocenters. The van der Waals surface area contributed by atoms with Crippen molar-refractivity contribution in [2.45, 2.75) is 153 Å². The van der Waals surface area contributed by atoms with Gasteiger partial charge < -0.3 is 23.1 Å². The molecule has 1 heterocycles. The van der Waals surface area contributed by atoms with Crippen LogP contribution < -0.4 is 0 Å². The summed E-state index contributed by atoms with van der Waals surface area (Å²) in [6.07, 6.45) is -1.87. The van der Waals surface area contributed by atoms with Crippen LogP contribution in [0.3, 0.4) is 0 Å². The molecule has 35 heavy (non-hydrogen) atoms. The maximum atomic E-state index is 11.6. The Kier molecular flexibility index (Phi) is 11.1. The summed E-state index contributed by atoms with van der Waals surface area (Å²) in [5.74, 6) is 0.859. The second kappa shape index (κ2) is 11.5. The van der Waals surface area contributed by atoms with Crippen LogP contribution in [0.25, 0.3) is 0 Å². The predicted octanol–water partition coefficient (Wildman–Crippen LogP) is 7.63. The molecule has 1 fully saturated rings. The lowest BCUT2D eigenvalue weighted by Crippen LogP contribution is -2.65. The summed E-state index contributed by atoms with van der Waals surface area (Å²) in [6.45, 7) is 36.4. The van der Waals surface area contributed by atoms with E-state index in [2.05, 4.69) is 109 Å². The van der Waals surface area contributed by atoms with Gasteiger partial charge in [-0.25, -0.2) is 0 Å². The molecular formula is C26H58O5SSi3. The molecule has 0 amide bonds. The largest absolute Gasteiger partial charge is 0.414 e. The molecule has 1 rings (SSSR count). The molecule has 0 saturated carbocycles. The molecule has 0 spiro atoms. The van der Waals surface area contributed by atoms with Crippen LogP contribution in [0.1, 0.15) is 69.2 Å². The summed E-state index contributed by atoms with van der Waals surface area (Å²) >= 11 is 1.64. The van der Waals surface area contributed by atoms with Crippen LogP contribution in [0.15, 0.2) is 0 Å². The molecule has 5 atom stereocenters. The van der Waals surface area contributed by atoms with E-state index in [1.807, 2.05) is 0 Å². The third-order valence-corrected chi connectivity index (χ3v) is 23.3. The average molecular weight is 567 g/mol. The molecule has 1 aliphatic heterocycles. The topological polar surface area (TPSA) is 57.2 Å². The number of thioether (sulfide) groups is 1. The first-order valence-electron chi connectivity index (χ1n) is 13.3. The van der Waals surface area contributed by atoms with Crippen LogP contribution >= 0.6 is 11.8 Å². The lowest BCUT2D eigenvalue weighted by molar-refractivity contribution is -0.195. The van der Waals surface area contributed by atoms with Crippen molar-refractivity contribution in [3.8, 4) is 0 Å². The van der Waals surface area contributed by atoms with Crippen LogP contribution in [0.4, 0.5) is 0 Å². The molecule has 1 N–H and O–H groups in total. The van der Waals surface area contributed by atoms with E-state index in [0.717, 1.165) is 5.75 Å². The molecule has 0 radical (unpaired) electrons. The lowest BCUT2D eigenvalue weighted by Gasteiger charge is -2.52. The standard InChI is InChI=1S/C26H58O5SSi3/c1-17-32-23-20(27)22(31-35(15,16)26(8,9)10)21(30-34(13,14)25(5,6)7)19(29-23)18-28-33(11,12)24(2,3)4/h19-23,27H,17-18H2,1-16H3/t19-,20-,21-,22-,23-/m1/s1. The highest BCUT2D eigenvalue weighted by atomic mass is 32.2. The van der Waals surface area contributed by atoms with Crippen molar-refractivity contribution in [3.63, 3.8) is 0 Å². The van der Waals surface area contributed by atoms with Gasteiger partial charge in [0.25, 0.3) is 0 Å². The first-order chi connectivity index (χ1) is 15.4. The first kappa shape index (κ1) is 33.8. The fraction of sp³-hybridized carbons (Fsp3) is 1.00. The maximum Gasteiger partial charge on any atom is 0.192 e. The third-order valence-electron chi connectivity index (χ3n) is 8.83. The Morgan fingerprint density at radius 2 is 1.11 bits per heavy atom. The van der Waals surface area contributed by atoms with Gasteiger partial charge in [-0.15, -0.1) is 11.8 Å². The molecular weight excluding hydrogens is 509 g/mol. The van der Waals surface area contributed by atoms with Gasteiger partial charge in [-0.1, -0.05) is 69.2 Å². The smallest absolute Gasteiger partial charge is 0.192 e. The van der Waals surface area contributed by atoms with Gasteiger partial charge in [-0.05, 0) is 60.1 Å². The van der Waals surface area contributed by atoms with Gasteiger partial charge in [0, 0.05) is 0 Å². The summed E-state index contributed by atoms with van der Waals surface area (Å²) in [4.78, 5) is 0. The highest BCUT2D eigenvalue weighted by Gasteiger charge is 2.54. The van der Waals surface area contributed by atoms with Gasteiger partial charge in [-0.3, -0.25) is 0 Å². The van der Waals surface area contributed by atoms with E-state index in [1.54, 1.807) is 11.8 Å². The van der Waals surface area contributed by atoms with E-state index in [0.29, 0.717) is 6.61 Å². The second-order valence-corrected chi connectivity index (χ2v) is 30.4. The Morgan fingerprint density at radius 1 is 0.714 bits per heavy atom. The Balaban J connectivity index is 3.50. The van der Waals surface area contributed by atoms with Gasteiger partial charge >= 0.3 is 0 Å². The Morgan fingerprint density at radius 3 is 1.49 bits per heavy atom. The van der Waals surface area contributed by atoms with Crippen LogP contribution in [-0.4, -0.2) is 72.3 Å². The van der Waals surface area contributed by atoms with Gasteiger partial charge in [0.2, 0.25) is 0 Å². The monoisotopic (exact) mass is 566 g/mol. The highest BCUT2D eigenvalue weighted by Crippen LogP contribution is 2.44. The highest BCUT2D eigenvalue weighted by molar-refractivity contribution is 7.99. The second-order valence-electron chi connectivity index (χ2n) is 14.7. The van der Waals surface area contributed by atoms with Crippen molar-refractivity contribution in [1.29, 1.82) is 0 Å². The van der Waals surface area contributed by atoms with Crippen LogP contribution in [0.2, 0.25) is 54.4 Å². The summed E-state index contributed by atoms with van der Waals surface area (Å²) in [5.41, 5.74) is -0.359. The molecule has 0 aromatic carbocycles. The van der Waals surface area contributed by atoms with Crippen molar-refractivity contribution in [2.24, 2.45) is 0 Å². The zero-order chi connectivity index (χ0) is 27.8. The summed E-state index contributed by atoms with van der Waals surface area (Å²) in [6, 6.07) is 0. The first-order valence-corrected chi connectivity index (χ1v) is 23.1. The van der Waals surface area contributed by atoms with Crippen LogP contribution in [-0.2, 0) is 18.0 Å². The summed E-state index contributed by atoms with van der Waals surface area (Å²) < 4.78 is 27.3. The minimum Gasteiger partial charge on any atom is -0.414 e. The molecule has 0 aliphatic carbocycles. The van der Waals surface area contributed by atoms with Gasteiger partial charge in [0.05, 0.1) is 6.61 Å². The van der Waals surface area contributed by atoms with Gasteiger partial charge in [0.1, 0.15) is 29.9 Å². The molecule has 5 nitrogen and oxygen atoms in total. The Labute approximate surface area is 225 Å². The van der Waals surface area contributed by atoms with Gasteiger partial charge in [-0.2, -0.15) is 0 Å². The molecule has 9 heteroatoms. The third kappa shape index (κ3) is 8.39. The fourth-order valence-corrected chi connectivity index (χ4v) is 7.69. The van der Waals surface area contributed by atoms with Crippen LogP contribution in [0, 0.1) is 0 Å². The fourth-order valence-electron chi connectivity index (χ4n) is 3.15. The molecule has 1 aliphatic rings. The van der Waals surface area contributed by atoms with Crippen molar-refractivity contribution < 1.29 is 23.1 Å². The van der Waals surface area contributed by atoms with Crippen LogP contribution in [0.5, 0.6) is 0 Å². The normalized spacial score (nSPS) is 27.9. The Bertz CT molecular complexity index is 680. The number of ether oxygens (including phenoxy) is 1. The SMILES string of the molecule is CCS[C@H]1O[C@H](CO[Si](C)(C)C(C)(C)C)[C@@H](O[Si](C)(C)C(C)(C)C)[C@H](O[Si](C)(C)C(C)(C)C)[C@H]1O. The summed E-state index contributed by atoms with van der Waals surface area (Å²) in [5, 5.41) is 11.7. The minimum atomic E-state index is -2.19. The van der Waals surface area contributed by atoms with Crippen molar-refractivity contribution in [2.75, 3.05) is 12.4 Å². The molecule has 210 valence electrons. The minimum absolute atomic E-state index is 0.0209. The summed E-state index contributed by atoms with van der Waals surface area (Å²) in [7, 11) is -6.37. The van der Waals surface area contributed by atoms with Gasteiger partial charge in [0.15, 0.2) is 25.0 Å². The van der Waals surface area contributed by atoms with E-state index >= 15 is 0 Å². The number of rotatable bonds is 9. The Hall–Kier alpha value is 0.801. The number of hydrogen-bond acceptors (Lipinski definition) is 6. The number of aliphatic hydroxyl groups is 1. The van der Waals surface area contributed by atoms with E-state index in [4.69, 9.17) is 18.0 Å². The number of hydrogen-bond donors (Lipinski definition) is 1. The average Bonchev–Trinajstić information content (AvgIpc) is 2.63. The predicted molar refractivity (Wildman–Crippen MR) is 160 cm³/mol. The molecule has 1 saturated heterocycles. The van der Waals surface area contributed by atoms with E-state index in [-0.39, 0.29) is 32.8 Å². The zero-order valence-electron chi connectivity index (χ0n) is 25.8. The molecule has 0 aromatic rings.